The molecule has 0 radical (unpaired) electrons. The van der Waals surface area contributed by atoms with Crippen LogP contribution in [0.1, 0.15) is 18.4 Å². The van der Waals surface area contributed by atoms with Gasteiger partial charge >= 0.3 is 0 Å². The van der Waals surface area contributed by atoms with Crippen LogP contribution >= 0.6 is 11.8 Å². The highest BCUT2D eigenvalue weighted by Gasteiger charge is 2.34. The molecule has 2 aromatic carbocycles. The van der Waals surface area contributed by atoms with Crippen LogP contribution in [0.4, 0.5) is 11.4 Å². The Bertz CT molecular complexity index is 1130. The van der Waals surface area contributed by atoms with Gasteiger partial charge in [0.1, 0.15) is 5.75 Å². The molecule has 8 nitrogen and oxygen atoms in total. The first-order chi connectivity index (χ1) is 14.9. The average molecular weight is 436 g/mol. The topological polar surface area (TPSA) is 117 Å². The molecule has 9 heteroatoms. The molecule has 3 rings (SSSR count). The number of nitriles is 1. The van der Waals surface area contributed by atoms with Gasteiger partial charge in [-0.3, -0.25) is 14.9 Å². The van der Waals surface area contributed by atoms with Crippen molar-refractivity contribution in [2.24, 2.45) is 0 Å². The molecular formula is C22H20N4O4S. The van der Waals surface area contributed by atoms with E-state index in [0.29, 0.717) is 38.9 Å². The summed E-state index contributed by atoms with van der Waals surface area (Å²) < 4.78 is 5.31. The Labute approximate surface area is 183 Å². The molecule has 1 heterocycles. The van der Waals surface area contributed by atoms with Crippen LogP contribution in [0.2, 0.25) is 0 Å². The Morgan fingerprint density at radius 2 is 1.94 bits per heavy atom. The fourth-order valence-electron chi connectivity index (χ4n) is 3.43. The van der Waals surface area contributed by atoms with Gasteiger partial charge in [-0.05, 0) is 30.9 Å². The molecule has 0 fully saturated rings. The number of nitrogens with zero attached hydrogens (tertiary/aromatic N) is 2. The van der Waals surface area contributed by atoms with Crippen LogP contribution in [0, 0.1) is 21.4 Å². The second-order valence-electron chi connectivity index (χ2n) is 6.66. The molecule has 0 aliphatic carbocycles. The van der Waals surface area contributed by atoms with Gasteiger partial charge < -0.3 is 15.4 Å². The van der Waals surface area contributed by atoms with E-state index in [9.17, 15) is 20.2 Å². The van der Waals surface area contributed by atoms with Crippen molar-refractivity contribution in [3.63, 3.8) is 0 Å². The highest BCUT2D eigenvalue weighted by Crippen LogP contribution is 2.41. The molecule has 1 aliphatic rings. The standard InChI is InChI=1S/C22H20N4O4S/c1-13-19(21(27)25-17-6-4-5-7-18(17)30-2)20(16(12-23)22(24-13)31-3)14-8-10-15(11-9-14)26(28)29/h4-11,20,24H,1-3H3,(H,25,27). The molecular weight excluding hydrogens is 416 g/mol. The number of anilines is 1. The monoisotopic (exact) mass is 436 g/mol. The van der Waals surface area contributed by atoms with E-state index in [1.54, 1.807) is 43.3 Å². The SMILES string of the molecule is COc1ccccc1NC(=O)C1=C(C)NC(SC)=C(C#N)C1c1ccc([N+](=O)[O-])cc1. The maximum Gasteiger partial charge on any atom is 0.269 e. The molecule has 2 aromatic rings. The molecule has 1 amide bonds. The van der Waals surface area contributed by atoms with Gasteiger partial charge in [-0.15, -0.1) is 11.8 Å². The number of hydrogen-bond donors (Lipinski definition) is 2. The number of carbonyl (C=O) groups is 1. The number of nitrogens with one attached hydrogen (secondary N) is 2. The number of dihydropyridines is 1. The molecule has 31 heavy (non-hydrogen) atoms. The summed E-state index contributed by atoms with van der Waals surface area (Å²) in [6.07, 6.45) is 1.83. The number of carbonyl (C=O) groups excluding carboxylic acids is 1. The lowest BCUT2D eigenvalue weighted by atomic mass is 9.82. The largest absolute Gasteiger partial charge is 0.495 e. The second kappa shape index (κ2) is 9.36. The van der Waals surface area contributed by atoms with Crippen LogP contribution in [-0.2, 0) is 4.79 Å². The quantitative estimate of drug-likeness (QED) is 0.512. The third-order valence-corrected chi connectivity index (χ3v) is 5.62. The van der Waals surface area contributed by atoms with Crippen molar-refractivity contribution < 1.29 is 14.5 Å². The Morgan fingerprint density at radius 3 is 2.52 bits per heavy atom. The number of amides is 1. The molecule has 1 unspecified atom stereocenters. The lowest BCUT2D eigenvalue weighted by molar-refractivity contribution is -0.384. The molecule has 1 atom stereocenters. The minimum Gasteiger partial charge on any atom is -0.495 e. The summed E-state index contributed by atoms with van der Waals surface area (Å²) in [7, 11) is 1.51. The zero-order chi connectivity index (χ0) is 22.5. The van der Waals surface area contributed by atoms with E-state index in [1.807, 2.05) is 6.26 Å². The molecule has 0 spiro atoms. The predicted octanol–water partition coefficient (Wildman–Crippen LogP) is 4.30. The second-order valence-corrected chi connectivity index (χ2v) is 7.47. The zero-order valence-electron chi connectivity index (χ0n) is 17.1. The number of rotatable bonds is 6. The zero-order valence-corrected chi connectivity index (χ0v) is 17.9. The van der Waals surface area contributed by atoms with Crippen molar-refractivity contribution in [3.05, 3.63) is 86.1 Å². The van der Waals surface area contributed by atoms with Crippen LogP contribution in [0.3, 0.4) is 0 Å². The van der Waals surface area contributed by atoms with Crippen molar-refractivity contribution in [1.82, 2.24) is 5.32 Å². The minimum absolute atomic E-state index is 0.0639. The predicted molar refractivity (Wildman–Crippen MR) is 119 cm³/mol. The third-order valence-electron chi connectivity index (χ3n) is 4.89. The summed E-state index contributed by atoms with van der Waals surface area (Å²) in [6, 6.07) is 15.1. The van der Waals surface area contributed by atoms with Gasteiger partial charge in [0, 0.05) is 23.4 Å². The summed E-state index contributed by atoms with van der Waals surface area (Å²) in [5.41, 5.74) is 2.37. The Hall–Kier alpha value is -3.77. The summed E-state index contributed by atoms with van der Waals surface area (Å²) in [6.45, 7) is 1.76. The van der Waals surface area contributed by atoms with Crippen LogP contribution < -0.4 is 15.4 Å². The minimum atomic E-state index is -0.677. The van der Waals surface area contributed by atoms with Crippen LogP contribution in [0.15, 0.2) is 70.4 Å². The van der Waals surface area contributed by atoms with E-state index < -0.39 is 16.7 Å². The van der Waals surface area contributed by atoms with E-state index in [4.69, 9.17) is 4.74 Å². The number of allylic oxidation sites excluding steroid dienone is 2. The number of non-ortho nitro benzene ring substituents is 1. The van der Waals surface area contributed by atoms with Gasteiger partial charge in [0.25, 0.3) is 11.6 Å². The normalized spacial score (nSPS) is 15.7. The third kappa shape index (κ3) is 4.39. The van der Waals surface area contributed by atoms with Gasteiger partial charge in [0.15, 0.2) is 0 Å². The number of thioether (sulfide) groups is 1. The Morgan fingerprint density at radius 1 is 1.26 bits per heavy atom. The number of methoxy groups -OCH3 is 1. The van der Waals surface area contributed by atoms with E-state index in [1.165, 1.54) is 31.0 Å². The smallest absolute Gasteiger partial charge is 0.269 e. The van der Waals surface area contributed by atoms with Crippen LogP contribution in [-0.4, -0.2) is 24.2 Å². The fourth-order valence-corrected chi connectivity index (χ4v) is 4.07. The number of hydrogen-bond acceptors (Lipinski definition) is 7. The van der Waals surface area contributed by atoms with Gasteiger partial charge in [0.05, 0.1) is 40.3 Å². The summed E-state index contributed by atoms with van der Waals surface area (Å²) in [5, 5.41) is 27.6. The van der Waals surface area contributed by atoms with Crippen molar-refractivity contribution in [1.29, 1.82) is 5.26 Å². The Balaban J connectivity index is 2.08. The van der Waals surface area contributed by atoms with Crippen molar-refractivity contribution in [3.8, 4) is 11.8 Å². The van der Waals surface area contributed by atoms with Crippen molar-refractivity contribution in [2.75, 3.05) is 18.7 Å². The molecule has 0 saturated heterocycles. The molecule has 1 aliphatic heterocycles. The van der Waals surface area contributed by atoms with Gasteiger partial charge in [-0.1, -0.05) is 24.3 Å². The number of nitro benzene ring substituents is 1. The number of ether oxygens (including phenoxy) is 1. The maximum absolute atomic E-state index is 13.3. The van der Waals surface area contributed by atoms with E-state index in [2.05, 4.69) is 16.7 Å². The first kappa shape index (κ1) is 21.9. The number of benzene rings is 2. The summed E-state index contributed by atoms with van der Waals surface area (Å²) in [4.78, 5) is 23.9. The number of nitro groups is 1. The molecule has 2 N–H and O–H groups in total. The number of para-hydroxylation sites is 2. The molecule has 0 bridgehead atoms. The van der Waals surface area contributed by atoms with Gasteiger partial charge in [-0.25, -0.2) is 0 Å². The maximum atomic E-state index is 13.3. The van der Waals surface area contributed by atoms with E-state index in [-0.39, 0.29) is 5.69 Å². The first-order valence-electron chi connectivity index (χ1n) is 9.26. The Kier molecular flexibility index (Phi) is 6.62. The van der Waals surface area contributed by atoms with E-state index in [0.717, 1.165) is 0 Å². The summed E-state index contributed by atoms with van der Waals surface area (Å²) in [5.74, 6) is -0.569. The molecule has 158 valence electrons. The average Bonchev–Trinajstić information content (AvgIpc) is 2.78. The lowest BCUT2D eigenvalue weighted by Gasteiger charge is -2.29. The van der Waals surface area contributed by atoms with Crippen molar-refractivity contribution >= 4 is 29.0 Å². The fraction of sp³-hybridized carbons (Fsp3) is 0.182. The van der Waals surface area contributed by atoms with Crippen molar-refractivity contribution in [2.45, 2.75) is 12.8 Å². The van der Waals surface area contributed by atoms with Crippen LogP contribution in [0.5, 0.6) is 5.75 Å². The van der Waals surface area contributed by atoms with Gasteiger partial charge in [0.2, 0.25) is 0 Å². The first-order valence-corrected chi connectivity index (χ1v) is 10.5. The van der Waals surface area contributed by atoms with E-state index >= 15 is 0 Å². The highest BCUT2D eigenvalue weighted by molar-refractivity contribution is 8.02. The molecule has 0 aromatic heterocycles. The summed E-state index contributed by atoms with van der Waals surface area (Å²) >= 11 is 1.36. The molecule has 0 saturated carbocycles. The highest BCUT2D eigenvalue weighted by atomic mass is 32.2. The lowest BCUT2D eigenvalue weighted by Crippen LogP contribution is -2.30. The van der Waals surface area contributed by atoms with Crippen LogP contribution in [0.25, 0.3) is 0 Å². The van der Waals surface area contributed by atoms with Gasteiger partial charge in [-0.2, -0.15) is 5.26 Å².